The van der Waals surface area contributed by atoms with Crippen LogP contribution < -0.4 is 19.5 Å². The van der Waals surface area contributed by atoms with E-state index in [2.05, 4.69) is 5.32 Å². The Kier molecular flexibility index (Phi) is 6.92. The van der Waals surface area contributed by atoms with Crippen molar-refractivity contribution in [1.82, 2.24) is 0 Å². The van der Waals surface area contributed by atoms with Crippen LogP contribution in [0.25, 0.3) is 0 Å². The zero-order chi connectivity index (χ0) is 19.9. The Morgan fingerprint density at radius 1 is 1.00 bits per heavy atom. The number of carbonyl (C=O) groups excluding carboxylic acids is 1. The molecule has 5 nitrogen and oxygen atoms in total. The fraction of sp³-hybridized carbons (Fsp3) is 0.316. The van der Waals surface area contributed by atoms with Gasteiger partial charge in [-0.15, -0.1) is 0 Å². The van der Waals surface area contributed by atoms with Crippen LogP contribution in [0.5, 0.6) is 17.2 Å². The Bertz CT molecular complexity index is 761. The average molecular weight is 383 g/mol. The van der Waals surface area contributed by atoms with Crippen LogP contribution in [0.4, 0.5) is 18.9 Å². The van der Waals surface area contributed by atoms with E-state index in [4.69, 9.17) is 14.2 Å². The Morgan fingerprint density at radius 3 is 2.30 bits per heavy atom. The Morgan fingerprint density at radius 2 is 1.70 bits per heavy atom. The first-order valence-corrected chi connectivity index (χ1v) is 8.11. The second-order valence-corrected chi connectivity index (χ2v) is 5.67. The fourth-order valence-corrected chi connectivity index (χ4v) is 2.30. The molecule has 0 aliphatic rings. The first-order valence-electron chi connectivity index (χ1n) is 8.11. The highest BCUT2D eigenvalue weighted by Crippen LogP contribution is 2.30. The lowest BCUT2D eigenvalue weighted by Gasteiger charge is -2.13. The van der Waals surface area contributed by atoms with Crippen molar-refractivity contribution >= 4 is 11.6 Å². The maximum absolute atomic E-state index is 12.3. The number of amides is 1. The number of anilines is 1. The molecule has 8 heteroatoms. The maximum atomic E-state index is 12.3. The summed E-state index contributed by atoms with van der Waals surface area (Å²) < 4.78 is 51.7. The zero-order valence-corrected chi connectivity index (χ0v) is 14.9. The molecule has 0 heterocycles. The van der Waals surface area contributed by atoms with Crippen molar-refractivity contribution < 1.29 is 32.2 Å². The van der Waals surface area contributed by atoms with Crippen LogP contribution >= 0.6 is 0 Å². The van der Waals surface area contributed by atoms with Crippen molar-refractivity contribution in [3.05, 3.63) is 48.0 Å². The van der Waals surface area contributed by atoms with Crippen LogP contribution in [0.1, 0.15) is 12.0 Å². The van der Waals surface area contributed by atoms with Gasteiger partial charge in [-0.3, -0.25) is 4.79 Å². The molecule has 0 saturated carbocycles. The minimum absolute atomic E-state index is 0.00117. The molecule has 0 atom stereocenters. The van der Waals surface area contributed by atoms with E-state index in [1.807, 2.05) is 0 Å². The predicted octanol–water partition coefficient (Wildman–Crippen LogP) is 4.22. The zero-order valence-electron chi connectivity index (χ0n) is 14.9. The minimum atomic E-state index is -4.43. The molecular weight excluding hydrogens is 363 g/mol. The molecule has 0 saturated heterocycles. The van der Waals surface area contributed by atoms with Gasteiger partial charge in [-0.1, -0.05) is 6.07 Å². The third-order valence-electron chi connectivity index (χ3n) is 3.63. The molecule has 2 aromatic rings. The first kappa shape index (κ1) is 20.4. The highest BCUT2D eigenvalue weighted by atomic mass is 19.4. The molecule has 0 spiro atoms. The molecule has 2 rings (SSSR count). The Balaban J connectivity index is 1.91. The summed E-state index contributed by atoms with van der Waals surface area (Å²) in [6.07, 6.45) is -3.82. The van der Waals surface area contributed by atoms with E-state index in [1.54, 1.807) is 43.5 Å². The van der Waals surface area contributed by atoms with Crippen molar-refractivity contribution in [2.45, 2.75) is 19.0 Å². The number of rotatable bonds is 8. The summed E-state index contributed by atoms with van der Waals surface area (Å²) in [6.45, 7) is -1.40. The molecule has 0 bridgehead atoms. The van der Waals surface area contributed by atoms with Gasteiger partial charge in [-0.05, 0) is 48.4 Å². The highest BCUT2D eigenvalue weighted by molar-refractivity contribution is 5.90. The van der Waals surface area contributed by atoms with Crippen LogP contribution in [0.2, 0.25) is 0 Å². The Labute approximate surface area is 155 Å². The topological polar surface area (TPSA) is 56.8 Å². The lowest BCUT2D eigenvalue weighted by molar-refractivity contribution is -0.153. The quantitative estimate of drug-likeness (QED) is 0.742. The summed E-state index contributed by atoms with van der Waals surface area (Å²) in [6, 6.07) is 11.5. The van der Waals surface area contributed by atoms with Gasteiger partial charge in [0, 0.05) is 12.1 Å². The number of benzene rings is 2. The summed E-state index contributed by atoms with van der Waals surface area (Å²) in [5.74, 6) is 0.693. The van der Waals surface area contributed by atoms with Crippen molar-refractivity contribution in [3.63, 3.8) is 0 Å². The van der Waals surface area contributed by atoms with E-state index in [0.29, 0.717) is 17.9 Å². The smallest absolute Gasteiger partial charge is 0.422 e. The molecule has 0 fully saturated rings. The summed E-state index contributed by atoms with van der Waals surface area (Å²) >= 11 is 0. The Hall–Kier alpha value is -2.90. The van der Waals surface area contributed by atoms with Crippen LogP contribution in [-0.2, 0) is 11.2 Å². The molecule has 2 aromatic carbocycles. The van der Waals surface area contributed by atoms with Crippen LogP contribution in [0.15, 0.2) is 42.5 Å². The second-order valence-electron chi connectivity index (χ2n) is 5.67. The van der Waals surface area contributed by atoms with E-state index < -0.39 is 12.8 Å². The maximum Gasteiger partial charge on any atom is 0.422 e. The molecule has 0 aliphatic carbocycles. The molecule has 0 radical (unpaired) electrons. The van der Waals surface area contributed by atoms with E-state index in [9.17, 15) is 18.0 Å². The number of hydrogen-bond acceptors (Lipinski definition) is 4. The van der Waals surface area contributed by atoms with Gasteiger partial charge in [0.2, 0.25) is 5.91 Å². The molecule has 0 aromatic heterocycles. The molecule has 27 heavy (non-hydrogen) atoms. The minimum Gasteiger partial charge on any atom is -0.497 e. The second kappa shape index (κ2) is 9.16. The van der Waals surface area contributed by atoms with E-state index in [0.717, 1.165) is 5.56 Å². The molecule has 146 valence electrons. The van der Waals surface area contributed by atoms with Crippen LogP contribution in [0.3, 0.4) is 0 Å². The largest absolute Gasteiger partial charge is 0.497 e. The van der Waals surface area contributed by atoms with Gasteiger partial charge in [-0.2, -0.15) is 13.2 Å². The van der Waals surface area contributed by atoms with Gasteiger partial charge >= 0.3 is 6.18 Å². The number of carbonyl (C=O) groups is 1. The third kappa shape index (κ3) is 6.73. The summed E-state index contributed by atoms with van der Waals surface area (Å²) in [4.78, 5) is 12.1. The lowest BCUT2D eigenvalue weighted by atomic mass is 10.1. The van der Waals surface area contributed by atoms with Crippen molar-refractivity contribution in [3.8, 4) is 17.2 Å². The van der Waals surface area contributed by atoms with E-state index in [-0.39, 0.29) is 23.8 Å². The third-order valence-corrected chi connectivity index (χ3v) is 3.63. The van der Waals surface area contributed by atoms with Crippen LogP contribution in [0, 0.1) is 0 Å². The normalized spacial score (nSPS) is 11.0. The summed E-state index contributed by atoms with van der Waals surface area (Å²) in [5, 5.41) is 2.76. The van der Waals surface area contributed by atoms with Gasteiger partial charge in [0.1, 0.15) is 5.75 Å². The number of hydrogen-bond donors (Lipinski definition) is 1. The van der Waals surface area contributed by atoms with Crippen molar-refractivity contribution in [2.24, 2.45) is 0 Å². The van der Waals surface area contributed by atoms with Gasteiger partial charge in [0.05, 0.1) is 14.2 Å². The van der Waals surface area contributed by atoms with Gasteiger partial charge in [0.15, 0.2) is 18.1 Å². The molecule has 1 N–H and O–H groups in total. The number of aryl methyl sites for hydroxylation is 1. The predicted molar refractivity (Wildman–Crippen MR) is 94.5 cm³/mol. The SMILES string of the molecule is COc1ccc(NC(=O)CCc2ccc(OCC(F)(F)F)c(OC)c2)cc1. The van der Waals surface area contributed by atoms with Gasteiger partial charge < -0.3 is 19.5 Å². The first-order chi connectivity index (χ1) is 12.8. The summed E-state index contributed by atoms with van der Waals surface area (Å²) in [5.41, 5.74) is 1.39. The summed E-state index contributed by atoms with van der Waals surface area (Å²) in [7, 11) is 2.90. The number of methoxy groups -OCH3 is 2. The monoisotopic (exact) mass is 383 g/mol. The van der Waals surface area contributed by atoms with Gasteiger partial charge in [0.25, 0.3) is 0 Å². The fourth-order valence-electron chi connectivity index (χ4n) is 2.30. The molecule has 1 amide bonds. The van der Waals surface area contributed by atoms with E-state index >= 15 is 0 Å². The number of ether oxygens (including phenoxy) is 3. The van der Waals surface area contributed by atoms with E-state index in [1.165, 1.54) is 13.2 Å². The molecule has 0 unspecified atom stereocenters. The number of nitrogens with one attached hydrogen (secondary N) is 1. The molecular formula is C19H20F3NO4. The van der Waals surface area contributed by atoms with Crippen LogP contribution in [-0.4, -0.2) is 32.9 Å². The van der Waals surface area contributed by atoms with Crippen molar-refractivity contribution in [1.29, 1.82) is 0 Å². The number of halogens is 3. The standard InChI is InChI=1S/C19H20F3NO4/c1-25-15-7-5-14(6-8-15)23-18(24)10-4-13-3-9-16(17(11-13)26-2)27-12-19(20,21)22/h3,5-9,11H,4,10,12H2,1-2H3,(H,23,24). The highest BCUT2D eigenvalue weighted by Gasteiger charge is 2.29. The average Bonchev–Trinajstić information content (AvgIpc) is 2.65. The number of alkyl halides is 3. The molecule has 0 aliphatic heterocycles. The lowest BCUT2D eigenvalue weighted by Crippen LogP contribution is -2.19. The van der Waals surface area contributed by atoms with Crippen molar-refractivity contribution in [2.75, 3.05) is 26.1 Å². The van der Waals surface area contributed by atoms with Gasteiger partial charge in [-0.25, -0.2) is 0 Å².